The Kier molecular flexibility index (Phi) is 4.02. The third-order valence-corrected chi connectivity index (χ3v) is 4.90. The summed E-state index contributed by atoms with van der Waals surface area (Å²) >= 11 is 0. The van der Waals surface area contributed by atoms with Crippen LogP contribution in [-0.4, -0.2) is 59.0 Å². The van der Waals surface area contributed by atoms with E-state index in [2.05, 4.69) is 9.97 Å². The summed E-state index contributed by atoms with van der Waals surface area (Å²) in [7, 11) is 0. The van der Waals surface area contributed by atoms with Gasteiger partial charge in [0.05, 0.1) is 18.5 Å². The normalized spacial score (nSPS) is 16.3. The van der Waals surface area contributed by atoms with Crippen LogP contribution in [0.15, 0.2) is 12.1 Å². The Morgan fingerprint density at radius 3 is 2.69 bits per heavy atom. The highest BCUT2D eigenvalue weighted by Crippen LogP contribution is 2.37. The lowest BCUT2D eigenvalue weighted by Crippen LogP contribution is -2.29. The van der Waals surface area contributed by atoms with Crippen molar-refractivity contribution in [2.45, 2.75) is 19.8 Å². The highest BCUT2D eigenvalue weighted by Gasteiger charge is 2.28. The van der Waals surface area contributed by atoms with Crippen molar-refractivity contribution in [3.8, 4) is 5.75 Å². The predicted octanol–water partition coefficient (Wildman–Crippen LogP) is 2.25. The Hall–Kier alpha value is -3.03. The van der Waals surface area contributed by atoms with Crippen molar-refractivity contribution in [1.82, 2.24) is 14.9 Å². The van der Waals surface area contributed by atoms with Gasteiger partial charge in [-0.3, -0.25) is 9.59 Å². The molecular weight excluding hydrogens is 334 g/mol. The number of likely N-dealkylation sites (tertiary alicyclic amines) is 1. The standard InChI is InChI=1S/C18H21N5O3/c1-11-8-15(21-16(11)13(24)10-19)23-6-7-26-14-9-12(20-17(14)23)18(25)22-4-2-3-5-22/h8-10,19-21H,2-7H2,1H3. The number of ether oxygens (including phenoxy) is 1. The summed E-state index contributed by atoms with van der Waals surface area (Å²) in [5, 5.41) is 7.17. The van der Waals surface area contributed by atoms with E-state index < -0.39 is 0 Å². The largest absolute Gasteiger partial charge is 0.488 e. The Morgan fingerprint density at radius 2 is 1.96 bits per heavy atom. The minimum absolute atomic E-state index is 0.0113. The van der Waals surface area contributed by atoms with Gasteiger partial charge in [-0.1, -0.05) is 0 Å². The van der Waals surface area contributed by atoms with E-state index in [4.69, 9.17) is 10.1 Å². The van der Waals surface area contributed by atoms with Crippen molar-refractivity contribution < 1.29 is 14.3 Å². The van der Waals surface area contributed by atoms with E-state index in [-0.39, 0.29) is 11.7 Å². The van der Waals surface area contributed by atoms with Crippen LogP contribution in [-0.2, 0) is 0 Å². The summed E-state index contributed by atoms with van der Waals surface area (Å²) < 4.78 is 5.71. The van der Waals surface area contributed by atoms with E-state index in [9.17, 15) is 9.59 Å². The average Bonchev–Trinajstić information content (AvgIpc) is 3.38. The highest BCUT2D eigenvalue weighted by molar-refractivity contribution is 6.34. The van der Waals surface area contributed by atoms with Gasteiger partial charge < -0.3 is 29.9 Å². The molecule has 0 aromatic carbocycles. The van der Waals surface area contributed by atoms with Crippen LogP contribution >= 0.6 is 0 Å². The van der Waals surface area contributed by atoms with Crippen molar-refractivity contribution in [3.63, 3.8) is 0 Å². The molecule has 4 rings (SSSR count). The van der Waals surface area contributed by atoms with Gasteiger partial charge in [-0.25, -0.2) is 0 Å². The summed E-state index contributed by atoms with van der Waals surface area (Å²) in [6.07, 6.45) is 2.88. The number of rotatable bonds is 4. The van der Waals surface area contributed by atoms with Gasteiger partial charge in [0.2, 0.25) is 5.78 Å². The van der Waals surface area contributed by atoms with Crippen molar-refractivity contribution in [3.05, 3.63) is 29.1 Å². The molecule has 4 heterocycles. The molecule has 2 aliphatic rings. The smallest absolute Gasteiger partial charge is 0.270 e. The number of H-pyrrole nitrogens is 2. The zero-order valence-corrected chi connectivity index (χ0v) is 14.6. The van der Waals surface area contributed by atoms with Crippen molar-refractivity contribution in [2.75, 3.05) is 31.1 Å². The SMILES string of the molecule is Cc1cc(N2CCOc3cc(C(=O)N4CCCC4)[nH]c32)[nH]c1C(=O)C=N. The minimum Gasteiger partial charge on any atom is -0.488 e. The second-order valence-corrected chi connectivity index (χ2v) is 6.62. The van der Waals surface area contributed by atoms with Gasteiger partial charge in [-0.15, -0.1) is 0 Å². The van der Waals surface area contributed by atoms with Crippen LogP contribution in [0.5, 0.6) is 5.75 Å². The summed E-state index contributed by atoms with van der Waals surface area (Å²) in [6.45, 7) is 4.47. The Labute approximate surface area is 150 Å². The van der Waals surface area contributed by atoms with E-state index in [1.807, 2.05) is 22.8 Å². The molecular formula is C18H21N5O3. The number of fused-ring (bicyclic) bond motifs is 1. The summed E-state index contributed by atoms with van der Waals surface area (Å²) in [5.74, 6) is 1.69. The van der Waals surface area contributed by atoms with E-state index in [1.54, 1.807) is 6.07 Å². The number of anilines is 2. The topological polar surface area (TPSA) is 105 Å². The lowest BCUT2D eigenvalue weighted by atomic mass is 10.2. The van der Waals surface area contributed by atoms with Gasteiger partial charge in [0, 0.05) is 19.2 Å². The van der Waals surface area contributed by atoms with Gasteiger partial charge in [0.25, 0.3) is 5.91 Å². The Morgan fingerprint density at radius 1 is 1.19 bits per heavy atom. The number of hydrogen-bond donors (Lipinski definition) is 3. The first-order valence-corrected chi connectivity index (χ1v) is 8.75. The average molecular weight is 355 g/mol. The molecule has 1 fully saturated rings. The lowest BCUT2D eigenvalue weighted by Gasteiger charge is -2.27. The number of amides is 1. The van der Waals surface area contributed by atoms with Gasteiger partial charge in [0.1, 0.15) is 18.1 Å². The molecule has 2 aliphatic heterocycles. The second-order valence-electron chi connectivity index (χ2n) is 6.62. The fourth-order valence-corrected chi connectivity index (χ4v) is 3.55. The van der Waals surface area contributed by atoms with Crippen LogP contribution in [0.4, 0.5) is 11.6 Å². The van der Waals surface area contributed by atoms with Crippen molar-refractivity contribution >= 4 is 29.5 Å². The van der Waals surface area contributed by atoms with E-state index >= 15 is 0 Å². The number of carbonyl (C=O) groups is 2. The zero-order chi connectivity index (χ0) is 18.3. The lowest BCUT2D eigenvalue weighted by molar-refractivity contribution is 0.0787. The maximum absolute atomic E-state index is 12.6. The maximum atomic E-state index is 12.6. The van der Waals surface area contributed by atoms with Crippen LogP contribution in [0.25, 0.3) is 0 Å². The summed E-state index contributed by atoms with van der Waals surface area (Å²) in [5.41, 5.74) is 1.70. The van der Waals surface area contributed by atoms with Gasteiger partial charge >= 0.3 is 0 Å². The molecule has 26 heavy (non-hydrogen) atoms. The van der Waals surface area contributed by atoms with Gasteiger partial charge in [0.15, 0.2) is 11.6 Å². The first-order valence-electron chi connectivity index (χ1n) is 8.75. The molecule has 136 valence electrons. The molecule has 0 aliphatic carbocycles. The predicted molar refractivity (Wildman–Crippen MR) is 97.1 cm³/mol. The Bertz CT molecular complexity index is 876. The number of aromatic nitrogens is 2. The van der Waals surface area contributed by atoms with Crippen LogP contribution in [0.1, 0.15) is 39.4 Å². The number of aromatic amines is 2. The third kappa shape index (κ3) is 2.67. The molecule has 0 radical (unpaired) electrons. The summed E-state index contributed by atoms with van der Waals surface area (Å²) in [6, 6.07) is 3.62. The third-order valence-electron chi connectivity index (χ3n) is 4.90. The first-order chi connectivity index (χ1) is 12.6. The maximum Gasteiger partial charge on any atom is 0.270 e. The van der Waals surface area contributed by atoms with E-state index in [1.165, 1.54) is 0 Å². The van der Waals surface area contributed by atoms with Crippen LogP contribution in [0.2, 0.25) is 0 Å². The molecule has 8 heteroatoms. The molecule has 0 atom stereocenters. The molecule has 1 saturated heterocycles. The minimum atomic E-state index is -0.362. The number of nitrogens with zero attached hydrogens (tertiary/aromatic N) is 2. The molecule has 3 N–H and O–H groups in total. The molecule has 2 aromatic rings. The van der Waals surface area contributed by atoms with Crippen LogP contribution in [0, 0.1) is 12.3 Å². The van der Waals surface area contributed by atoms with Gasteiger partial charge in [-0.05, 0) is 31.4 Å². The summed E-state index contributed by atoms with van der Waals surface area (Å²) in [4.78, 5) is 34.6. The molecule has 1 amide bonds. The van der Waals surface area contributed by atoms with E-state index in [0.717, 1.165) is 43.5 Å². The second kappa shape index (κ2) is 6.36. The number of carbonyl (C=O) groups excluding carboxylic acids is 2. The van der Waals surface area contributed by atoms with Crippen molar-refractivity contribution in [1.29, 1.82) is 5.41 Å². The number of ketones is 1. The Balaban J connectivity index is 1.66. The highest BCUT2D eigenvalue weighted by atomic mass is 16.5. The quantitative estimate of drug-likeness (QED) is 0.578. The number of hydrogen-bond acceptors (Lipinski definition) is 5. The zero-order valence-electron chi connectivity index (χ0n) is 14.6. The van der Waals surface area contributed by atoms with Crippen LogP contribution in [0.3, 0.4) is 0 Å². The monoisotopic (exact) mass is 355 g/mol. The van der Waals surface area contributed by atoms with E-state index in [0.29, 0.717) is 36.1 Å². The molecule has 0 bridgehead atoms. The fraction of sp³-hybridized carbons (Fsp3) is 0.389. The molecule has 0 spiro atoms. The molecule has 2 aromatic heterocycles. The first kappa shape index (κ1) is 16.4. The number of aryl methyl sites for hydroxylation is 1. The van der Waals surface area contributed by atoms with Crippen LogP contribution < -0.4 is 9.64 Å². The molecule has 0 saturated carbocycles. The molecule has 8 nitrogen and oxygen atoms in total. The van der Waals surface area contributed by atoms with Crippen molar-refractivity contribution in [2.24, 2.45) is 0 Å². The molecule has 0 unspecified atom stereocenters. The fourth-order valence-electron chi connectivity index (χ4n) is 3.55. The number of nitrogens with one attached hydrogen (secondary N) is 3. The van der Waals surface area contributed by atoms with Gasteiger partial charge in [-0.2, -0.15) is 0 Å². The number of Topliss-reactive ketones (excluding diaryl/α,β-unsaturated/α-hetero) is 1.